The molecular formula is C26H43NO. The zero-order valence-corrected chi connectivity index (χ0v) is 18.4. The summed E-state index contributed by atoms with van der Waals surface area (Å²) in [6, 6.07) is 0.472. The Morgan fingerprint density at radius 2 is 1.61 bits per heavy atom. The van der Waals surface area contributed by atoms with E-state index in [0.29, 0.717) is 17.9 Å². The molecule has 8 unspecified atom stereocenters. The fourth-order valence-corrected chi connectivity index (χ4v) is 9.07. The molecule has 5 saturated carbocycles. The highest BCUT2D eigenvalue weighted by atomic mass is 16.2. The third-order valence-electron chi connectivity index (χ3n) is 10.5. The van der Waals surface area contributed by atoms with Crippen molar-refractivity contribution in [1.29, 1.82) is 0 Å². The second-order valence-corrected chi connectivity index (χ2v) is 11.9. The zero-order valence-electron chi connectivity index (χ0n) is 18.4. The summed E-state index contributed by atoms with van der Waals surface area (Å²) in [7, 11) is 0. The lowest BCUT2D eigenvalue weighted by atomic mass is 9.49. The van der Waals surface area contributed by atoms with E-state index in [4.69, 9.17) is 0 Å². The first-order valence-corrected chi connectivity index (χ1v) is 12.9. The van der Waals surface area contributed by atoms with Crippen LogP contribution < -0.4 is 5.32 Å². The molecule has 0 bridgehead atoms. The number of rotatable bonds is 2. The summed E-state index contributed by atoms with van der Waals surface area (Å²) in [6.45, 7) is 4.99. The molecule has 1 N–H and O–H groups in total. The van der Waals surface area contributed by atoms with Crippen LogP contribution in [0.3, 0.4) is 0 Å². The molecule has 0 aromatic carbocycles. The minimum atomic E-state index is 0.286. The molecule has 0 saturated heterocycles. The summed E-state index contributed by atoms with van der Waals surface area (Å²) < 4.78 is 0. The van der Waals surface area contributed by atoms with Gasteiger partial charge >= 0.3 is 0 Å². The van der Waals surface area contributed by atoms with Crippen molar-refractivity contribution in [2.45, 2.75) is 110 Å². The second kappa shape index (κ2) is 7.62. The lowest BCUT2D eigenvalue weighted by Crippen LogP contribution is -2.51. The summed E-state index contributed by atoms with van der Waals surface area (Å²) in [5, 5.41) is 3.50. The Kier molecular flexibility index (Phi) is 5.29. The van der Waals surface area contributed by atoms with Gasteiger partial charge in [0.05, 0.1) is 0 Å². The maximum absolute atomic E-state index is 13.3. The van der Waals surface area contributed by atoms with Gasteiger partial charge < -0.3 is 5.32 Å². The van der Waals surface area contributed by atoms with Gasteiger partial charge in [-0.3, -0.25) is 4.79 Å². The van der Waals surface area contributed by atoms with E-state index < -0.39 is 0 Å². The molecule has 0 spiro atoms. The molecular weight excluding hydrogens is 342 g/mol. The van der Waals surface area contributed by atoms with Crippen LogP contribution in [0.5, 0.6) is 0 Å². The number of nitrogens with one attached hydrogen (secondary N) is 1. The van der Waals surface area contributed by atoms with Gasteiger partial charge in [-0.05, 0) is 105 Å². The van der Waals surface area contributed by atoms with Gasteiger partial charge in [-0.15, -0.1) is 0 Å². The number of fused-ring (bicyclic) bond motifs is 5. The molecule has 0 aliphatic heterocycles. The predicted molar refractivity (Wildman–Crippen MR) is 115 cm³/mol. The molecule has 5 aliphatic carbocycles. The fraction of sp³-hybridized carbons (Fsp3) is 0.962. The van der Waals surface area contributed by atoms with Crippen molar-refractivity contribution in [3.05, 3.63) is 0 Å². The molecule has 8 atom stereocenters. The Balaban J connectivity index is 1.28. The van der Waals surface area contributed by atoms with Crippen LogP contribution >= 0.6 is 0 Å². The Bertz CT molecular complexity index is 581. The first kappa shape index (κ1) is 19.4. The molecule has 0 radical (unpaired) electrons. The first-order valence-electron chi connectivity index (χ1n) is 12.9. The maximum Gasteiger partial charge on any atom is 0.223 e. The minimum absolute atomic E-state index is 0.286. The number of hydrogen-bond donors (Lipinski definition) is 1. The molecule has 28 heavy (non-hydrogen) atoms. The normalized spacial score (nSPS) is 49.0. The SMILES string of the molecule is CC1CCC2C(CCC3C2CCC2(C)C(C(=O)NC4CCCCC4)CCC32)C1. The van der Waals surface area contributed by atoms with Gasteiger partial charge in [0, 0.05) is 12.0 Å². The van der Waals surface area contributed by atoms with Gasteiger partial charge in [-0.2, -0.15) is 0 Å². The van der Waals surface area contributed by atoms with E-state index in [1.54, 1.807) is 0 Å². The fourth-order valence-electron chi connectivity index (χ4n) is 9.07. The van der Waals surface area contributed by atoms with Gasteiger partial charge in [-0.25, -0.2) is 0 Å². The third-order valence-corrected chi connectivity index (χ3v) is 10.5. The van der Waals surface area contributed by atoms with Crippen LogP contribution in [0.1, 0.15) is 104 Å². The molecule has 5 aliphatic rings. The van der Waals surface area contributed by atoms with Gasteiger partial charge in [0.15, 0.2) is 0 Å². The van der Waals surface area contributed by atoms with E-state index in [1.807, 2.05) is 0 Å². The summed E-state index contributed by atoms with van der Waals surface area (Å²) in [5.41, 5.74) is 0.286. The Morgan fingerprint density at radius 1 is 0.821 bits per heavy atom. The van der Waals surface area contributed by atoms with Crippen LogP contribution in [-0.4, -0.2) is 11.9 Å². The van der Waals surface area contributed by atoms with Gasteiger partial charge in [0.2, 0.25) is 5.91 Å². The van der Waals surface area contributed by atoms with Crippen molar-refractivity contribution in [2.24, 2.45) is 46.8 Å². The van der Waals surface area contributed by atoms with Crippen molar-refractivity contribution in [3.63, 3.8) is 0 Å². The summed E-state index contributed by atoms with van der Waals surface area (Å²) in [4.78, 5) is 13.3. The highest BCUT2D eigenvalue weighted by molar-refractivity contribution is 5.80. The predicted octanol–water partition coefficient (Wildman–Crippen LogP) is 6.34. The standard InChI is InChI=1S/C26H43NO/c1-17-8-10-20-18(16-17)9-11-22-21(20)14-15-26(2)23(22)12-13-24(26)25(28)27-19-6-4-3-5-7-19/h17-24H,3-16H2,1-2H3,(H,27,28). The number of carbonyl (C=O) groups excluding carboxylic acids is 1. The third kappa shape index (κ3) is 3.25. The van der Waals surface area contributed by atoms with E-state index in [-0.39, 0.29) is 5.41 Å². The van der Waals surface area contributed by atoms with E-state index in [2.05, 4.69) is 19.2 Å². The van der Waals surface area contributed by atoms with Crippen LogP contribution in [0.2, 0.25) is 0 Å². The Hall–Kier alpha value is -0.530. The molecule has 2 nitrogen and oxygen atoms in total. The highest BCUT2D eigenvalue weighted by Gasteiger charge is 2.58. The summed E-state index contributed by atoms with van der Waals surface area (Å²) >= 11 is 0. The minimum Gasteiger partial charge on any atom is -0.353 e. The smallest absolute Gasteiger partial charge is 0.223 e. The quantitative estimate of drug-likeness (QED) is 0.590. The Labute approximate surface area is 173 Å². The number of hydrogen-bond acceptors (Lipinski definition) is 1. The average Bonchev–Trinajstić information content (AvgIpc) is 3.05. The van der Waals surface area contributed by atoms with Crippen molar-refractivity contribution in [2.75, 3.05) is 0 Å². The maximum atomic E-state index is 13.3. The molecule has 0 heterocycles. The average molecular weight is 386 g/mol. The monoisotopic (exact) mass is 385 g/mol. The van der Waals surface area contributed by atoms with Crippen LogP contribution in [0.25, 0.3) is 0 Å². The molecule has 158 valence electrons. The zero-order chi connectivity index (χ0) is 19.3. The second-order valence-electron chi connectivity index (χ2n) is 11.9. The largest absolute Gasteiger partial charge is 0.353 e. The molecule has 0 aromatic rings. The van der Waals surface area contributed by atoms with E-state index in [9.17, 15) is 4.79 Å². The number of carbonyl (C=O) groups is 1. The lowest BCUT2D eigenvalue weighted by molar-refractivity contribution is -0.133. The van der Waals surface area contributed by atoms with Gasteiger partial charge in [-0.1, -0.05) is 39.5 Å². The van der Waals surface area contributed by atoms with Crippen LogP contribution in [-0.2, 0) is 4.79 Å². The number of amides is 1. The van der Waals surface area contributed by atoms with E-state index >= 15 is 0 Å². The van der Waals surface area contributed by atoms with Crippen LogP contribution in [0.15, 0.2) is 0 Å². The summed E-state index contributed by atoms with van der Waals surface area (Å²) in [5.74, 6) is 6.49. The van der Waals surface area contributed by atoms with Crippen molar-refractivity contribution in [3.8, 4) is 0 Å². The molecule has 5 rings (SSSR count). The van der Waals surface area contributed by atoms with Crippen molar-refractivity contribution >= 4 is 5.91 Å². The molecule has 0 aromatic heterocycles. The van der Waals surface area contributed by atoms with Crippen molar-refractivity contribution in [1.82, 2.24) is 5.32 Å². The van der Waals surface area contributed by atoms with Crippen LogP contribution in [0, 0.1) is 46.8 Å². The van der Waals surface area contributed by atoms with E-state index in [0.717, 1.165) is 41.9 Å². The first-order chi connectivity index (χ1) is 13.6. The molecule has 1 amide bonds. The summed E-state index contributed by atoms with van der Waals surface area (Å²) in [6.07, 6.45) is 19.1. The van der Waals surface area contributed by atoms with Crippen molar-refractivity contribution < 1.29 is 4.79 Å². The lowest BCUT2D eigenvalue weighted by Gasteiger charge is -2.56. The van der Waals surface area contributed by atoms with E-state index in [1.165, 1.54) is 83.5 Å². The molecule has 5 fully saturated rings. The Morgan fingerprint density at radius 3 is 2.43 bits per heavy atom. The highest BCUT2D eigenvalue weighted by Crippen LogP contribution is 2.64. The van der Waals surface area contributed by atoms with Crippen LogP contribution in [0.4, 0.5) is 0 Å². The molecule has 2 heteroatoms. The topological polar surface area (TPSA) is 29.1 Å². The van der Waals surface area contributed by atoms with Gasteiger partial charge in [0.1, 0.15) is 0 Å². The van der Waals surface area contributed by atoms with Gasteiger partial charge in [0.25, 0.3) is 0 Å².